The highest BCUT2D eigenvalue weighted by Crippen LogP contribution is 2.20. The molecule has 19 heavy (non-hydrogen) atoms. The first kappa shape index (κ1) is 16.4. The van der Waals surface area contributed by atoms with E-state index in [1.165, 1.54) is 13.3 Å². The second-order valence-corrected chi connectivity index (χ2v) is 8.33. The van der Waals surface area contributed by atoms with Gasteiger partial charge in [-0.25, -0.2) is 8.42 Å². The van der Waals surface area contributed by atoms with Gasteiger partial charge in [0.15, 0.2) is 9.84 Å². The molecule has 0 aliphatic carbocycles. The fourth-order valence-electron chi connectivity index (χ4n) is 2.65. The molecule has 0 aromatic rings. The number of amides is 1. The Bertz CT molecular complexity index is 398. The number of piperidine rings is 1. The van der Waals surface area contributed by atoms with Crippen LogP contribution in [0.15, 0.2) is 0 Å². The molecule has 0 radical (unpaired) electrons. The van der Waals surface area contributed by atoms with Crippen molar-refractivity contribution in [3.63, 3.8) is 0 Å². The van der Waals surface area contributed by atoms with Crippen LogP contribution >= 0.6 is 0 Å². The minimum absolute atomic E-state index is 0.402. The largest absolute Gasteiger partial charge is 0.354 e. The van der Waals surface area contributed by atoms with Gasteiger partial charge < -0.3 is 10.2 Å². The summed E-state index contributed by atoms with van der Waals surface area (Å²) in [5, 5.41) is 1.74. The molecular formula is C13H26N2O3S. The Morgan fingerprint density at radius 3 is 2.32 bits per heavy atom. The lowest BCUT2D eigenvalue weighted by molar-refractivity contribution is -0.120. The van der Waals surface area contributed by atoms with E-state index in [9.17, 15) is 13.2 Å². The standard InChI is InChI=1S/C13H26N2O3S/c1-10-7-11(2)9-15(8-10)6-5-14-13(16)12(3)19(4,17)18/h10-12H,5-9H2,1-4H3,(H,14,16)/t10-,11-,12-/m1/s1. The Morgan fingerprint density at radius 1 is 1.32 bits per heavy atom. The van der Waals surface area contributed by atoms with Crippen molar-refractivity contribution in [3.8, 4) is 0 Å². The Labute approximate surface area is 116 Å². The summed E-state index contributed by atoms with van der Waals surface area (Å²) in [6.07, 6.45) is 2.35. The zero-order valence-corrected chi connectivity index (χ0v) is 13.2. The molecule has 0 spiro atoms. The molecule has 6 heteroatoms. The lowest BCUT2D eigenvalue weighted by atomic mass is 9.92. The summed E-state index contributed by atoms with van der Waals surface area (Å²) in [4.78, 5) is 14.0. The van der Waals surface area contributed by atoms with Crippen LogP contribution in [-0.2, 0) is 14.6 Å². The molecule has 0 aromatic carbocycles. The SMILES string of the molecule is C[C@@H]1C[C@@H](C)CN(CCNC(=O)[C@@H](C)S(C)(=O)=O)C1. The lowest BCUT2D eigenvalue weighted by Gasteiger charge is -2.34. The monoisotopic (exact) mass is 290 g/mol. The van der Waals surface area contributed by atoms with E-state index in [-0.39, 0.29) is 0 Å². The van der Waals surface area contributed by atoms with Gasteiger partial charge in [0.25, 0.3) is 0 Å². The maximum absolute atomic E-state index is 11.7. The third-order valence-corrected chi connectivity index (χ3v) is 5.18. The van der Waals surface area contributed by atoms with Crippen LogP contribution in [0.3, 0.4) is 0 Å². The van der Waals surface area contributed by atoms with Crippen molar-refractivity contribution in [2.24, 2.45) is 11.8 Å². The molecule has 112 valence electrons. The minimum Gasteiger partial charge on any atom is -0.354 e. The number of hydrogen-bond acceptors (Lipinski definition) is 4. The van der Waals surface area contributed by atoms with Crippen LogP contribution in [0.2, 0.25) is 0 Å². The fraction of sp³-hybridized carbons (Fsp3) is 0.923. The van der Waals surface area contributed by atoms with E-state index in [4.69, 9.17) is 0 Å². The highest BCUT2D eigenvalue weighted by molar-refractivity contribution is 7.92. The van der Waals surface area contributed by atoms with Crippen LogP contribution in [-0.4, -0.2) is 56.9 Å². The van der Waals surface area contributed by atoms with Crippen LogP contribution < -0.4 is 5.32 Å². The Hall–Kier alpha value is -0.620. The quantitative estimate of drug-likeness (QED) is 0.801. The van der Waals surface area contributed by atoms with E-state index in [1.54, 1.807) is 0 Å². The first-order chi connectivity index (χ1) is 8.70. The maximum Gasteiger partial charge on any atom is 0.238 e. The third kappa shape index (κ3) is 5.48. The van der Waals surface area contributed by atoms with Gasteiger partial charge in [0.05, 0.1) is 0 Å². The molecule has 1 N–H and O–H groups in total. The number of carbonyl (C=O) groups excluding carboxylic acids is 1. The Kier molecular flexibility index (Phi) is 5.80. The van der Waals surface area contributed by atoms with Gasteiger partial charge in [-0.1, -0.05) is 13.8 Å². The molecule has 0 aromatic heterocycles. The van der Waals surface area contributed by atoms with Crippen molar-refractivity contribution < 1.29 is 13.2 Å². The van der Waals surface area contributed by atoms with Gasteiger partial charge in [-0.2, -0.15) is 0 Å². The van der Waals surface area contributed by atoms with Gasteiger partial charge in [0, 0.05) is 32.4 Å². The highest BCUT2D eigenvalue weighted by atomic mass is 32.2. The predicted molar refractivity (Wildman–Crippen MR) is 76.7 cm³/mol. The van der Waals surface area contributed by atoms with Crippen molar-refractivity contribution in [2.45, 2.75) is 32.4 Å². The van der Waals surface area contributed by atoms with Gasteiger partial charge in [-0.05, 0) is 25.2 Å². The maximum atomic E-state index is 11.7. The van der Waals surface area contributed by atoms with E-state index < -0.39 is 21.0 Å². The number of nitrogens with one attached hydrogen (secondary N) is 1. The summed E-state index contributed by atoms with van der Waals surface area (Å²) in [6, 6.07) is 0. The normalized spacial score (nSPS) is 26.9. The van der Waals surface area contributed by atoms with Crippen LogP contribution in [0, 0.1) is 11.8 Å². The Morgan fingerprint density at radius 2 is 1.84 bits per heavy atom. The van der Waals surface area contributed by atoms with Crippen molar-refractivity contribution >= 4 is 15.7 Å². The Balaban J connectivity index is 2.32. The highest BCUT2D eigenvalue weighted by Gasteiger charge is 2.24. The number of carbonyl (C=O) groups is 1. The summed E-state index contributed by atoms with van der Waals surface area (Å²) in [5.41, 5.74) is 0. The molecule has 5 nitrogen and oxygen atoms in total. The fourth-order valence-corrected chi connectivity index (χ4v) is 3.12. The van der Waals surface area contributed by atoms with Crippen LogP contribution in [0.5, 0.6) is 0 Å². The number of nitrogens with zero attached hydrogens (tertiary/aromatic N) is 1. The molecule has 1 heterocycles. The molecule has 1 aliphatic rings. The summed E-state index contributed by atoms with van der Waals surface area (Å²) in [7, 11) is -3.30. The summed E-state index contributed by atoms with van der Waals surface area (Å²) >= 11 is 0. The van der Waals surface area contributed by atoms with E-state index >= 15 is 0 Å². The van der Waals surface area contributed by atoms with Gasteiger partial charge >= 0.3 is 0 Å². The first-order valence-electron chi connectivity index (χ1n) is 6.89. The van der Waals surface area contributed by atoms with E-state index in [2.05, 4.69) is 24.1 Å². The predicted octanol–water partition coefficient (Wildman–Crippen LogP) is 0.514. The average molecular weight is 290 g/mol. The second kappa shape index (κ2) is 6.70. The van der Waals surface area contributed by atoms with Gasteiger partial charge in [0.2, 0.25) is 5.91 Å². The van der Waals surface area contributed by atoms with Crippen LogP contribution in [0.1, 0.15) is 27.2 Å². The molecule has 0 unspecified atom stereocenters. The summed E-state index contributed by atoms with van der Waals surface area (Å²) < 4.78 is 22.5. The molecular weight excluding hydrogens is 264 g/mol. The topological polar surface area (TPSA) is 66.5 Å². The molecule has 1 fully saturated rings. The zero-order chi connectivity index (χ0) is 14.6. The van der Waals surface area contributed by atoms with Crippen molar-refractivity contribution in [1.82, 2.24) is 10.2 Å². The van der Waals surface area contributed by atoms with Gasteiger partial charge in [-0.3, -0.25) is 4.79 Å². The second-order valence-electron chi connectivity index (χ2n) is 5.97. The minimum atomic E-state index is -3.30. The smallest absolute Gasteiger partial charge is 0.238 e. The number of sulfone groups is 1. The van der Waals surface area contributed by atoms with Crippen LogP contribution in [0.4, 0.5) is 0 Å². The van der Waals surface area contributed by atoms with Crippen LogP contribution in [0.25, 0.3) is 0 Å². The lowest BCUT2D eigenvalue weighted by Crippen LogP contribution is -2.45. The van der Waals surface area contributed by atoms with Gasteiger partial charge in [0.1, 0.15) is 5.25 Å². The van der Waals surface area contributed by atoms with E-state index in [1.807, 2.05) is 0 Å². The molecule has 0 bridgehead atoms. The molecule has 1 aliphatic heterocycles. The summed E-state index contributed by atoms with van der Waals surface area (Å²) in [6.45, 7) is 9.33. The average Bonchev–Trinajstić information content (AvgIpc) is 2.25. The van der Waals surface area contributed by atoms with E-state index in [0.29, 0.717) is 18.4 Å². The van der Waals surface area contributed by atoms with Gasteiger partial charge in [-0.15, -0.1) is 0 Å². The van der Waals surface area contributed by atoms with Crippen molar-refractivity contribution in [3.05, 3.63) is 0 Å². The third-order valence-electron chi connectivity index (χ3n) is 3.68. The number of hydrogen-bond donors (Lipinski definition) is 1. The zero-order valence-electron chi connectivity index (χ0n) is 12.3. The first-order valence-corrected chi connectivity index (χ1v) is 8.84. The van der Waals surface area contributed by atoms with E-state index in [0.717, 1.165) is 25.9 Å². The molecule has 1 saturated heterocycles. The molecule has 0 saturated carbocycles. The molecule has 1 amide bonds. The molecule has 1 rings (SSSR count). The number of likely N-dealkylation sites (tertiary alicyclic amines) is 1. The summed E-state index contributed by atoms with van der Waals surface area (Å²) in [5.74, 6) is 0.976. The van der Waals surface area contributed by atoms with Crippen molar-refractivity contribution in [2.75, 3.05) is 32.4 Å². The molecule has 3 atom stereocenters. The number of rotatable bonds is 5. The van der Waals surface area contributed by atoms with Crippen molar-refractivity contribution in [1.29, 1.82) is 0 Å².